The number of aliphatic carboxylic acids is 1. The molecule has 1 aromatic carbocycles. The van der Waals surface area contributed by atoms with Gasteiger partial charge in [0.1, 0.15) is 11.3 Å². The van der Waals surface area contributed by atoms with Crippen molar-refractivity contribution in [1.82, 2.24) is 0 Å². The minimum atomic E-state index is -1.34. The van der Waals surface area contributed by atoms with E-state index in [2.05, 4.69) is 0 Å². The average molecular weight is 252 g/mol. The third-order valence-electron chi connectivity index (χ3n) is 3.36. The Morgan fingerprint density at radius 3 is 2.39 bits per heavy atom. The minimum Gasteiger partial charge on any atom is -0.508 e. The lowest BCUT2D eigenvalue weighted by Gasteiger charge is -2.31. The van der Waals surface area contributed by atoms with E-state index in [9.17, 15) is 15.0 Å². The first-order valence-corrected chi connectivity index (χ1v) is 5.93. The molecule has 2 atom stereocenters. The van der Waals surface area contributed by atoms with Crippen LogP contribution in [-0.4, -0.2) is 28.3 Å². The van der Waals surface area contributed by atoms with E-state index in [0.717, 1.165) is 5.56 Å². The summed E-state index contributed by atoms with van der Waals surface area (Å²) in [7, 11) is 0. The Morgan fingerprint density at radius 1 is 1.39 bits per heavy atom. The zero-order valence-electron chi connectivity index (χ0n) is 10.5. The fraction of sp³-hybridized carbons (Fsp3) is 0.462. The Kier molecular flexibility index (Phi) is 4.69. The van der Waals surface area contributed by atoms with E-state index in [1.165, 1.54) is 12.1 Å². The number of aromatic hydroxyl groups is 1. The van der Waals surface area contributed by atoms with Crippen LogP contribution in [0.1, 0.15) is 31.2 Å². The van der Waals surface area contributed by atoms with Crippen molar-refractivity contribution in [3.63, 3.8) is 0 Å². The Balaban J connectivity index is 2.98. The Bertz CT molecular complexity index is 405. The number of carbonyl (C=O) groups is 1. The molecule has 0 heterocycles. The summed E-state index contributed by atoms with van der Waals surface area (Å²) in [4.78, 5) is 11.4. The zero-order chi connectivity index (χ0) is 13.8. The van der Waals surface area contributed by atoms with Crippen LogP contribution < -0.4 is 11.5 Å². The lowest BCUT2D eigenvalue weighted by Crippen LogP contribution is -2.52. The molecular weight excluding hydrogens is 232 g/mol. The third-order valence-corrected chi connectivity index (χ3v) is 3.36. The molecule has 0 saturated carbocycles. The summed E-state index contributed by atoms with van der Waals surface area (Å²) in [5.74, 6) is -1.25. The predicted molar refractivity (Wildman–Crippen MR) is 69.4 cm³/mol. The number of hydrogen-bond donors (Lipinski definition) is 4. The van der Waals surface area contributed by atoms with Crippen molar-refractivity contribution in [1.29, 1.82) is 0 Å². The van der Waals surface area contributed by atoms with Gasteiger partial charge in [-0.1, -0.05) is 19.1 Å². The van der Waals surface area contributed by atoms with Crippen LogP contribution in [0.25, 0.3) is 0 Å². The highest BCUT2D eigenvalue weighted by atomic mass is 16.4. The van der Waals surface area contributed by atoms with Crippen molar-refractivity contribution in [2.45, 2.75) is 31.2 Å². The van der Waals surface area contributed by atoms with Gasteiger partial charge in [0.15, 0.2) is 0 Å². The SMILES string of the molecule is CC(c1ccc(O)cc1)C(N)(CCCN)C(=O)O. The minimum absolute atomic E-state index is 0.144. The Hall–Kier alpha value is -1.59. The molecule has 6 N–H and O–H groups in total. The van der Waals surface area contributed by atoms with E-state index in [1.54, 1.807) is 19.1 Å². The van der Waals surface area contributed by atoms with Crippen molar-refractivity contribution in [2.75, 3.05) is 6.54 Å². The highest BCUT2D eigenvalue weighted by Crippen LogP contribution is 2.31. The molecule has 1 rings (SSSR count). The molecule has 0 spiro atoms. The van der Waals surface area contributed by atoms with Gasteiger partial charge < -0.3 is 21.7 Å². The maximum absolute atomic E-state index is 11.4. The molecule has 0 saturated heterocycles. The van der Waals surface area contributed by atoms with Crippen molar-refractivity contribution in [3.8, 4) is 5.75 Å². The number of benzene rings is 1. The van der Waals surface area contributed by atoms with E-state index < -0.39 is 11.5 Å². The molecule has 0 bridgehead atoms. The molecule has 5 nitrogen and oxygen atoms in total. The number of hydrogen-bond acceptors (Lipinski definition) is 4. The number of carboxylic acid groups (broad SMARTS) is 1. The second kappa shape index (κ2) is 5.84. The van der Waals surface area contributed by atoms with Gasteiger partial charge >= 0.3 is 5.97 Å². The van der Waals surface area contributed by atoms with Crippen LogP contribution in [0, 0.1) is 0 Å². The molecule has 1 aromatic rings. The lowest BCUT2D eigenvalue weighted by atomic mass is 9.78. The Labute approximate surface area is 106 Å². The van der Waals surface area contributed by atoms with Gasteiger partial charge in [-0.3, -0.25) is 4.79 Å². The van der Waals surface area contributed by atoms with Crippen molar-refractivity contribution in [3.05, 3.63) is 29.8 Å². The summed E-state index contributed by atoms with van der Waals surface area (Å²) in [5, 5.41) is 18.6. The second-order valence-corrected chi connectivity index (χ2v) is 4.55. The van der Waals surface area contributed by atoms with Gasteiger partial charge in [0.2, 0.25) is 0 Å². The Morgan fingerprint density at radius 2 is 1.94 bits per heavy atom. The largest absolute Gasteiger partial charge is 0.508 e. The van der Waals surface area contributed by atoms with Crippen molar-refractivity contribution >= 4 is 5.97 Å². The highest BCUT2D eigenvalue weighted by Gasteiger charge is 2.39. The number of carboxylic acids is 1. The molecular formula is C13H20N2O3. The topological polar surface area (TPSA) is 110 Å². The van der Waals surface area contributed by atoms with Crippen LogP contribution in [0.3, 0.4) is 0 Å². The smallest absolute Gasteiger partial charge is 0.324 e. The van der Waals surface area contributed by atoms with Crippen LogP contribution >= 0.6 is 0 Å². The van der Waals surface area contributed by atoms with Gasteiger partial charge in [-0.25, -0.2) is 0 Å². The van der Waals surface area contributed by atoms with E-state index in [-0.39, 0.29) is 11.7 Å². The van der Waals surface area contributed by atoms with Gasteiger partial charge in [-0.2, -0.15) is 0 Å². The molecule has 5 heteroatoms. The maximum Gasteiger partial charge on any atom is 0.324 e. The first kappa shape index (κ1) is 14.5. The molecule has 0 amide bonds. The second-order valence-electron chi connectivity index (χ2n) is 4.55. The summed E-state index contributed by atoms with van der Waals surface area (Å²) >= 11 is 0. The van der Waals surface area contributed by atoms with E-state index in [1.807, 2.05) is 0 Å². The molecule has 0 aliphatic heterocycles. The van der Waals surface area contributed by atoms with Gasteiger partial charge in [-0.05, 0) is 37.1 Å². The summed E-state index contributed by atoms with van der Waals surface area (Å²) in [6.07, 6.45) is 0.881. The first-order chi connectivity index (χ1) is 8.41. The first-order valence-electron chi connectivity index (χ1n) is 5.93. The van der Waals surface area contributed by atoms with E-state index >= 15 is 0 Å². The number of phenolic OH excluding ortho intramolecular Hbond substituents is 1. The summed E-state index contributed by atoms with van der Waals surface area (Å²) in [6.45, 7) is 2.19. The van der Waals surface area contributed by atoms with E-state index in [0.29, 0.717) is 19.4 Å². The molecule has 18 heavy (non-hydrogen) atoms. The zero-order valence-corrected chi connectivity index (χ0v) is 10.5. The summed E-state index contributed by atoms with van der Waals surface area (Å²) in [6, 6.07) is 6.42. The molecule has 0 aromatic heterocycles. The number of phenols is 1. The monoisotopic (exact) mass is 252 g/mol. The van der Waals surface area contributed by atoms with Crippen LogP contribution in [0.15, 0.2) is 24.3 Å². The molecule has 100 valence electrons. The van der Waals surface area contributed by atoms with Gasteiger partial charge in [0.25, 0.3) is 0 Å². The van der Waals surface area contributed by atoms with Crippen molar-refractivity contribution in [2.24, 2.45) is 11.5 Å². The standard InChI is InChI=1S/C13H20N2O3/c1-9(10-3-5-11(16)6-4-10)13(15,12(17)18)7-2-8-14/h3-6,9,16H,2,7-8,14-15H2,1H3,(H,17,18). The third kappa shape index (κ3) is 3.00. The fourth-order valence-corrected chi connectivity index (χ4v) is 1.96. The van der Waals surface area contributed by atoms with Gasteiger partial charge in [0.05, 0.1) is 0 Å². The van der Waals surface area contributed by atoms with Gasteiger partial charge in [0, 0.05) is 5.92 Å². The molecule has 0 fully saturated rings. The predicted octanol–water partition coefficient (Wildman–Crippen LogP) is 1.02. The van der Waals surface area contributed by atoms with E-state index in [4.69, 9.17) is 11.5 Å². The summed E-state index contributed by atoms with van der Waals surface area (Å²) in [5.41, 5.74) is 10.9. The normalized spacial score (nSPS) is 15.9. The van der Waals surface area contributed by atoms with Crippen LogP contribution in [0.5, 0.6) is 5.75 Å². The van der Waals surface area contributed by atoms with Crippen LogP contribution in [0.2, 0.25) is 0 Å². The number of rotatable bonds is 6. The molecule has 0 radical (unpaired) electrons. The maximum atomic E-state index is 11.4. The average Bonchev–Trinajstić information content (AvgIpc) is 2.35. The van der Waals surface area contributed by atoms with Crippen LogP contribution in [0.4, 0.5) is 0 Å². The van der Waals surface area contributed by atoms with Crippen LogP contribution in [-0.2, 0) is 4.79 Å². The summed E-state index contributed by atoms with van der Waals surface area (Å²) < 4.78 is 0. The van der Waals surface area contributed by atoms with Gasteiger partial charge in [-0.15, -0.1) is 0 Å². The lowest BCUT2D eigenvalue weighted by molar-refractivity contribution is -0.144. The van der Waals surface area contributed by atoms with Crippen molar-refractivity contribution < 1.29 is 15.0 Å². The molecule has 0 aliphatic carbocycles. The number of nitrogens with two attached hydrogens (primary N) is 2. The highest BCUT2D eigenvalue weighted by molar-refractivity contribution is 5.80. The molecule has 2 unspecified atom stereocenters. The quantitative estimate of drug-likeness (QED) is 0.604. The fourth-order valence-electron chi connectivity index (χ4n) is 1.96. The molecule has 0 aliphatic rings.